The molecule has 2 heteroatoms. The van der Waals surface area contributed by atoms with Crippen LogP contribution in [0.15, 0.2) is 0 Å². The van der Waals surface area contributed by atoms with E-state index in [1.807, 2.05) is 11.8 Å². The van der Waals surface area contributed by atoms with Crippen LogP contribution in [0.4, 0.5) is 0 Å². The fourth-order valence-electron chi connectivity index (χ4n) is 2.62. The predicted molar refractivity (Wildman–Crippen MR) is 99.0 cm³/mol. The van der Waals surface area contributed by atoms with Crippen molar-refractivity contribution in [3.8, 4) is 0 Å². The number of hydrogen-bond donors (Lipinski definition) is 1. The minimum absolute atomic E-state index is 0.387. The van der Waals surface area contributed by atoms with E-state index < -0.39 is 0 Å². The molecule has 1 unspecified atom stereocenters. The van der Waals surface area contributed by atoms with Crippen LogP contribution >= 0.6 is 11.8 Å². The second-order valence-corrected chi connectivity index (χ2v) is 7.47. The van der Waals surface area contributed by atoms with E-state index in [1.54, 1.807) is 0 Å². The van der Waals surface area contributed by atoms with Crippen LogP contribution < -0.4 is 0 Å². The maximum Gasteiger partial charge on any atom is 0.0631 e. The molecule has 0 saturated carbocycles. The summed E-state index contributed by atoms with van der Waals surface area (Å²) in [4.78, 5) is 0. The van der Waals surface area contributed by atoms with Crippen molar-refractivity contribution in [2.75, 3.05) is 11.5 Å². The lowest BCUT2D eigenvalue weighted by Crippen LogP contribution is -2.03. The summed E-state index contributed by atoms with van der Waals surface area (Å²) in [5.41, 5.74) is 0. The molecule has 0 amide bonds. The standard InChI is InChI=1S/C19H39OS/c1-3-4-5-6-7-8-9-10-11-12-13-14-15-16-17-21-18-19(2)20/h19-20H,2-18H2,1H3. The Morgan fingerprint density at radius 2 is 1.10 bits per heavy atom. The van der Waals surface area contributed by atoms with E-state index in [4.69, 9.17) is 5.11 Å². The lowest BCUT2D eigenvalue weighted by Gasteiger charge is -2.04. The molecule has 0 aromatic carbocycles. The number of rotatable bonds is 17. The molecule has 0 rings (SSSR count). The van der Waals surface area contributed by atoms with Crippen LogP contribution in [0.2, 0.25) is 0 Å². The minimum atomic E-state index is -0.387. The highest BCUT2D eigenvalue weighted by Crippen LogP contribution is 2.14. The first-order valence-electron chi connectivity index (χ1n) is 9.36. The lowest BCUT2D eigenvalue weighted by atomic mass is 10.0. The maximum absolute atomic E-state index is 9.04. The fourth-order valence-corrected chi connectivity index (χ4v) is 3.47. The SMILES string of the molecule is [CH2]C(O)CSCCCCCCCCCCCCCCCC. The Morgan fingerprint density at radius 1 is 0.714 bits per heavy atom. The number of thioether (sulfide) groups is 1. The van der Waals surface area contributed by atoms with Gasteiger partial charge in [-0.2, -0.15) is 11.8 Å². The average Bonchev–Trinajstić information content (AvgIpc) is 2.46. The monoisotopic (exact) mass is 315 g/mol. The molecule has 21 heavy (non-hydrogen) atoms. The van der Waals surface area contributed by atoms with Crippen molar-refractivity contribution in [2.24, 2.45) is 0 Å². The summed E-state index contributed by atoms with van der Waals surface area (Å²) in [6.45, 7) is 5.86. The molecule has 0 aromatic rings. The van der Waals surface area contributed by atoms with Gasteiger partial charge in [0.1, 0.15) is 0 Å². The number of aliphatic hydroxyl groups is 1. The van der Waals surface area contributed by atoms with Gasteiger partial charge < -0.3 is 5.11 Å². The van der Waals surface area contributed by atoms with Crippen molar-refractivity contribution >= 4 is 11.8 Å². The van der Waals surface area contributed by atoms with Gasteiger partial charge >= 0.3 is 0 Å². The number of hydrogen-bond acceptors (Lipinski definition) is 2. The van der Waals surface area contributed by atoms with Crippen LogP contribution in [0.25, 0.3) is 0 Å². The largest absolute Gasteiger partial charge is 0.392 e. The van der Waals surface area contributed by atoms with Crippen LogP contribution in [0, 0.1) is 6.92 Å². The predicted octanol–water partition coefficient (Wildman–Crippen LogP) is 6.40. The fraction of sp³-hybridized carbons (Fsp3) is 0.947. The molecule has 0 aliphatic rings. The van der Waals surface area contributed by atoms with E-state index in [0.717, 1.165) is 5.75 Å². The second-order valence-electron chi connectivity index (χ2n) is 6.32. The summed E-state index contributed by atoms with van der Waals surface area (Å²) >= 11 is 1.83. The van der Waals surface area contributed by atoms with E-state index in [9.17, 15) is 0 Å². The van der Waals surface area contributed by atoms with Gasteiger partial charge in [-0.05, 0) is 19.1 Å². The zero-order chi connectivity index (χ0) is 15.6. The number of unbranched alkanes of at least 4 members (excludes halogenated alkanes) is 13. The molecule has 0 aliphatic heterocycles. The summed E-state index contributed by atoms with van der Waals surface area (Å²) in [5, 5.41) is 9.04. The molecule has 0 bridgehead atoms. The molecule has 0 saturated heterocycles. The molecule has 1 radical (unpaired) electrons. The van der Waals surface area contributed by atoms with E-state index in [1.165, 1.54) is 95.6 Å². The molecule has 1 N–H and O–H groups in total. The Kier molecular flexibility index (Phi) is 18.6. The van der Waals surface area contributed by atoms with Crippen molar-refractivity contribution in [2.45, 2.75) is 103 Å². The normalized spacial score (nSPS) is 12.7. The first-order valence-corrected chi connectivity index (χ1v) is 10.5. The third-order valence-electron chi connectivity index (χ3n) is 3.95. The van der Waals surface area contributed by atoms with E-state index >= 15 is 0 Å². The second kappa shape index (κ2) is 18.4. The third kappa shape index (κ3) is 20.3. The van der Waals surface area contributed by atoms with Gasteiger partial charge in [0.15, 0.2) is 0 Å². The van der Waals surface area contributed by atoms with Crippen molar-refractivity contribution < 1.29 is 5.11 Å². The Morgan fingerprint density at radius 3 is 1.48 bits per heavy atom. The smallest absolute Gasteiger partial charge is 0.0631 e. The quantitative estimate of drug-likeness (QED) is 0.314. The Labute approximate surface area is 138 Å². The molecule has 0 aromatic heterocycles. The molecule has 1 atom stereocenters. The van der Waals surface area contributed by atoms with E-state index in [-0.39, 0.29) is 6.10 Å². The zero-order valence-corrected chi connectivity index (χ0v) is 15.3. The van der Waals surface area contributed by atoms with Gasteiger partial charge in [-0.1, -0.05) is 90.4 Å². The third-order valence-corrected chi connectivity index (χ3v) is 5.15. The van der Waals surface area contributed by atoms with Crippen LogP contribution in [-0.4, -0.2) is 22.7 Å². The van der Waals surface area contributed by atoms with Gasteiger partial charge in [0, 0.05) is 5.75 Å². The maximum atomic E-state index is 9.04. The van der Waals surface area contributed by atoms with Gasteiger partial charge in [0.25, 0.3) is 0 Å². The molecular formula is C19H39OS. The van der Waals surface area contributed by atoms with Crippen molar-refractivity contribution in [1.29, 1.82) is 0 Å². The molecule has 127 valence electrons. The zero-order valence-electron chi connectivity index (χ0n) is 14.5. The van der Waals surface area contributed by atoms with Crippen molar-refractivity contribution in [3.05, 3.63) is 6.92 Å². The van der Waals surface area contributed by atoms with Crippen LogP contribution in [0.1, 0.15) is 96.8 Å². The summed E-state index contributed by atoms with van der Waals surface area (Å²) in [7, 11) is 0. The number of aliphatic hydroxyl groups excluding tert-OH is 1. The summed E-state index contributed by atoms with van der Waals surface area (Å²) in [5.74, 6) is 1.98. The highest BCUT2D eigenvalue weighted by Gasteiger charge is 1.96. The Hall–Kier alpha value is 0.310. The molecule has 0 heterocycles. The first kappa shape index (κ1) is 21.3. The van der Waals surface area contributed by atoms with Crippen molar-refractivity contribution in [3.63, 3.8) is 0 Å². The molecule has 0 fully saturated rings. The van der Waals surface area contributed by atoms with Crippen molar-refractivity contribution in [1.82, 2.24) is 0 Å². The van der Waals surface area contributed by atoms with E-state index in [0.29, 0.717) is 0 Å². The first-order chi connectivity index (χ1) is 10.3. The Bertz CT molecular complexity index is 182. The van der Waals surface area contributed by atoms with Gasteiger partial charge in [-0.15, -0.1) is 0 Å². The van der Waals surface area contributed by atoms with Gasteiger partial charge in [0.2, 0.25) is 0 Å². The summed E-state index contributed by atoms with van der Waals surface area (Å²) < 4.78 is 0. The highest BCUT2D eigenvalue weighted by atomic mass is 32.2. The summed E-state index contributed by atoms with van der Waals surface area (Å²) in [6, 6.07) is 0. The minimum Gasteiger partial charge on any atom is -0.392 e. The van der Waals surface area contributed by atoms with E-state index in [2.05, 4.69) is 13.8 Å². The average molecular weight is 316 g/mol. The van der Waals surface area contributed by atoms with Crippen LogP contribution in [0.5, 0.6) is 0 Å². The lowest BCUT2D eigenvalue weighted by molar-refractivity contribution is 0.246. The van der Waals surface area contributed by atoms with Crippen LogP contribution in [-0.2, 0) is 0 Å². The Balaban J connectivity index is 2.93. The highest BCUT2D eigenvalue weighted by molar-refractivity contribution is 7.99. The summed E-state index contributed by atoms with van der Waals surface area (Å²) in [6.07, 6.45) is 19.5. The van der Waals surface area contributed by atoms with Crippen LogP contribution in [0.3, 0.4) is 0 Å². The van der Waals surface area contributed by atoms with Gasteiger partial charge in [0.05, 0.1) is 6.10 Å². The topological polar surface area (TPSA) is 20.2 Å². The van der Waals surface area contributed by atoms with Gasteiger partial charge in [-0.25, -0.2) is 0 Å². The van der Waals surface area contributed by atoms with Gasteiger partial charge in [-0.3, -0.25) is 0 Å². The molecular weight excluding hydrogens is 276 g/mol. The molecule has 0 spiro atoms. The molecule has 1 nitrogen and oxygen atoms in total. The molecule has 0 aliphatic carbocycles.